The average Bonchev–Trinajstić information content (AvgIpc) is 2.48. The maximum atomic E-state index is 11.1. The van der Waals surface area contributed by atoms with Crippen LogP contribution in [-0.4, -0.2) is 38.8 Å². The molecule has 2 N–H and O–H groups in total. The monoisotopic (exact) mass is 278 g/mol. The molecule has 1 aromatic carbocycles. The van der Waals surface area contributed by atoms with E-state index in [0.717, 1.165) is 25.3 Å². The van der Waals surface area contributed by atoms with E-state index in [1.807, 2.05) is 12.1 Å². The highest BCUT2D eigenvalue weighted by Crippen LogP contribution is 2.12. The molecule has 0 radical (unpaired) electrons. The molecule has 1 fully saturated rings. The van der Waals surface area contributed by atoms with Crippen molar-refractivity contribution >= 4 is 5.91 Å². The third kappa shape index (κ3) is 4.83. The van der Waals surface area contributed by atoms with E-state index in [1.54, 1.807) is 7.11 Å². The first-order valence-electron chi connectivity index (χ1n) is 6.98. The fourth-order valence-corrected chi connectivity index (χ4v) is 2.12. The van der Waals surface area contributed by atoms with Crippen LogP contribution in [0.3, 0.4) is 0 Å². The number of nitrogens with one attached hydrogen (secondary N) is 2. The van der Waals surface area contributed by atoms with E-state index in [2.05, 4.69) is 22.8 Å². The molecule has 1 saturated heterocycles. The lowest BCUT2D eigenvalue weighted by atomic mass is 10.1. The quantitative estimate of drug-likeness (QED) is 0.733. The molecule has 5 nitrogen and oxygen atoms in total. The predicted octanol–water partition coefficient (Wildman–Crippen LogP) is 1.08. The van der Waals surface area contributed by atoms with Crippen LogP contribution in [-0.2, 0) is 16.1 Å². The van der Waals surface area contributed by atoms with Crippen LogP contribution in [0.2, 0.25) is 0 Å². The molecule has 0 saturated carbocycles. The Balaban J connectivity index is 1.72. The van der Waals surface area contributed by atoms with Gasteiger partial charge in [-0.05, 0) is 24.1 Å². The zero-order valence-corrected chi connectivity index (χ0v) is 11.9. The van der Waals surface area contributed by atoms with Gasteiger partial charge in [0.1, 0.15) is 12.4 Å². The first-order chi connectivity index (χ1) is 9.78. The zero-order valence-electron chi connectivity index (χ0n) is 11.9. The molecule has 0 bridgehead atoms. The molecule has 1 aromatic rings. The molecular formula is C15H22N2O3. The van der Waals surface area contributed by atoms with E-state index in [9.17, 15) is 4.79 Å². The Morgan fingerprint density at radius 2 is 2.10 bits per heavy atom. The standard InChI is InChI=1S/C15H22N2O3/c1-19-8-9-20-14-5-2-12(3-6-14)10-16-13-4-7-15(18)17-11-13/h2-3,5-6,13,16H,4,7-11H2,1H3,(H,17,18)/t13-/m1/s1. The maximum absolute atomic E-state index is 11.1. The van der Waals surface area contributed by atoms with Gasteiger partial charge in [0.05, 0.1) is 6.61 Å². The summed E-state index contributed by atoms with van der Waals surface area (Å²) in [6.07, 6.45) is 1.52. The van der Waals surface area contributed by atoms with Gasteiger partial charge in [0.2, 0.25) is 5.91 Å². The van der Waals surface area contributed by atoms with Gasteiger partial charge >= 0.3 is 0 Å². The Morgan fingerprint density at radius 1 is 1.30 bits per heavy atom. The second kappa shape index (κ2) is 7.87. The van der Waals surface area contributed by atoms with Gasteiger partial charge in [0, 0.05) is 32.7 Å². The topological polar surface area (TPSA) is 59.6 Å². The molecule has 110 valence electrons. The highest BCUT2D eigenvalue weighted by atomic mass is 16.5. The van der Waals surface area contributed by atoms with Gasteiger partial charge in [-0.2, -0.15) is 0 Å². The number of benzene rings is 1. The van der Waals surface area contributed by atoms with Gasteiger partial charge < -0.3 is 20.1 Å². The molecule has 1 heterocycles. The molecule has 1 atom stereocenters. The Morgan fingerprint density at radius 3 is 2.75 bits per heavy atom. The highest BCUT2D eigenvalue weighted by molar-refractivity contribution is 5.76. The first kappa shape index (κ1) is 14.8. The van der Waals surface area contributed by atoms with E-state index in [1.165, 1.54) is 5.56 Å². The molecular weight excluding hydrogens is 256 g/mol. The summed E-state index contributed by atoms with van der Waals surface area (Å²) in [6, 6.07) is 8.41. The smallest absolute Gasteiger partial charge is 0.220 e. The summed E-state index contributed by atoms with van der Waals surface area (Å²) in [4.78, 5) is 11.1. The van der Waals surface area contributed by atoms with Crippen molar-refractivity contribution in [1.82, 2.24) is 10.6 Å². The van der Waals surface area contributed by atoms with Crippen molar-refractivity contribution in [1.29, 1.82) is 0 Å². The molecule has 1 aliphatic rings. The molecule has 0 aromatic heterocycles. The molecule has 2 rings (SSSR count). The lowest BCUT2D eigenvalue weighted by Gasteiger charge is -2.23. The minimum Gasteiger partial charge on any atom is -0.491 e. The van der Waals surface area contributed by atoms with Crippen molar-refractivity contribution in [2.75, 3.05) is 26.9 Å². The highest BCUT2D eigenvalue weighted by Gasteiger charge is 2.16. The van der Waals surface area contributed by atoms with Crippen LogP contribution >= 0.6 is 0 Å². The number of methoxy groups -OCH3 is 1. The lowest BCUT2D eigenvalue weighted by Crippen LogP contribution is -2.45. The molecule has 1 amide bonds. The molecule has 5 heteroatoms. The Kier molecular flexibility index (Phi) is 5.83. The fraction of sp³-hybridized carbons (Fsp3) is 0.533. The van der Waals surface area contributed by atoms with Crippen molar-refractivity contribution in [2.45, 2.75) is 25.4 Å². The Hall–Kier alpha value is -1.59. The Bertz CT molecular complexity index is 410. The summed E-state index contributed by atoms with van der Waals surface area (Å²) >= 11 is 0. The number of carbonyl (C=O) groups excluding carboxylic acids is 1. The molecule has 0 spiro atoms. The van der Waals surface area contributed by atoms with Gasteiger partial charge in [-0.25, -0.2) is 0 Å². The number of hydrogen-bond donors (Lipinski definition) is 2. The van der Waals surface area contributed by atoms with E-state index >= 15 is 0 Å². The van der Waals surface area contributed by atoms with Crippen LogP contribution in [0.4, 0.5) is 0 Å². The molecule has 20 heavy (non-hydrogen) atoms. The number of carbonyl (C=O) groups is 1. The summed E-state index contributed by atoms with van der Waals surface area (Å²) in [5.74, 6) is 1.01. The normalized spacial score (nSPS) is 18.6. The number of amides is 1. The summed E-state index contributed by atoms with van der Waals surface area (Å²) in [5, 5.41) is 6.33. The first-order valence-corrected chi connectivity index (χ1v) is 6.98. The largest absolute Gasteiger partial charge is 0.491 e. The van der Waals surface area contributed by atoms with Crippen molar-refractivity contribution in [3.8, 4) is 5.75 Å². The Labute approximate surface area is 119 Å². The number of piperidine rings is 1. The molecule has 1 aliphatic heterocycles. The van der Waals surface area contributed by atoms with E-state index < -0.39 is 0 Å². The minimum atomic E-state index is 0.153. The van der Waals surface area contributed by atoms with Crippen LogP contribution in [0, 0.1) is 0 Å². The van der Waals surface area contributed by atoms with Crippen molar-refractivity contribution in [3.05, 3.63) is 29.8 Å². The van der Waals surface area contributed by atoms with E-state index in [4.69, 9.17) is 9.47 Å². The average molecular weight is 278 g/mol. The van der Waals surface area contributed by atoms with Crippen LogP contribution in [0.25, 0.3) is 0 Å². The van der Waals surface area contributed by atoms with Crippen LogP contribution in [0.1, 0.15) is 18.4 Å². The summed E-state index contributed by atoms with van der Waals surface area (Å²) < 4.78 is 10.5. The van der Waals surface area contributed by atoms with Crippen molar-refractivity contribution < 1.29 is 14.3 Å². The lowest BCUT2D eigenvalue weighted by molar-refractivity contribution is -0.122. The number of rotatable bonds is 7. The van der Waals surface area contributed by atoms with Crippen LogP contribution in [0.5, 0.6) is 5.75 Å². The van der Waals surface area contributed by atoms with Gasteiger partial charge in [0.25, 0.3) is 0 Å². The number of ether oxygens (including phenoxy) is 2. The van der Waals surface area contributed by atoms with Crippen LogP contribution in [0.15, 0.2) is 24.3 Å². The maximum Gasteiger partial charge on any atom is 0.220 e. The third-order valence-electron chi connectivity index (χ3n) is 3.34. The van der Waals surface area contributed by atoms with Crippen LogP contribution < -0.4 is 15.4 Å². The van der Waals surface area contributed by atoms with Gasteiger partial charge in [0.15, 0.2) is 0 Å². The fourth-order valence-electron chi connectivity index (χ4n) is 2.12. The second-order valence-corrected chi connectivity index (χ2v) is 4.91. The summed E-state index contributed by atoms with van der Waals surface area (Å²) in [5.41, 5.74) is 1.21. The third-order valence-corrected chi connectivity index (χ3v) is 3.34. The second-order valence-electron chi connectivity index (χ2n) is 4.91. The SMILES string of the molecule is COCCOc1ccc(CN[C@@H]2CCC(=O)NC2)cc1. The van der Waals surface area contributed by atoms with E-state index in [0.29, 0.717) is 25.7 Å². The minimum absolute atomic E-state index is 0.153. The zero-order chi connectivity index (χ0) is 14.2. The summed E-state index contributed by atoms with van der Waals surface area (Å²) in [7, 11) is 1.66. The molecule has 0 aliphatic carbocycles. The van der Waals surface area contributed by atoms with Gasteiger partial charge in [-0.1, -0.05) is 12.1 Å². The van der Waals surface area contributed by atoms with Crippen molar-refractivity contribution in [2.24, 2.45) is 0 Å². The number of hydrogen-bond acceptors (Lipinski definition) is 4. The summed E-state index contributed by atoms with van der Waals surface area (Å²) in [6.45, 7) is 2.68. The van der Waals surface area contributed by atoms with Crippen molar-refractivity contribution in [3.63, 3.8) is 0 Å². The van der Waals surface area contributed by atoms with E-state index in [-0.39, 0.29) is 5.91 Å². The van der Waals surface area contributed by atoms with Gasteiger partial charge in [-0.15, -0.1) is 0 Å². The molecule has 0 unspecified atom stereocenters. The van der Waals surface area contributed by atoms with Gasteiger partial charge in [-0.3, -0.25) is 4.79 Å². The predicted molar refractivity (Wildman–Crippen MR) is 76.7 cm³/mol.